The number of amides is 1. The minimum atomic E-state index is -0.532. The molecule has 7 heteroatoms. The van der Waals surface area contributed by atoms with E-state index in [4.69, 9.17) is 13.9 Å². The fourth-order valence-electron chi connectivity index (χ4n) is 3.16. The van der Waals surface area contributed by atoms with Crippen molar-refractivity contribution in [3.05, 3.63) is 64.5 Å². The summed E-state index contributed by atoms with van der Waals surface area (Å²) in [5, 5.41) is 0.421. The first-order chi connectivity index (χ1) is 13.1. The van der Waals surface area contributed by atoms with Gasteiger partial charge in [0.15, 0.2) is 11.5 Å². The van der Waals surface area contributed by atoms with Crippen molar-refractivity contribution in [3.8, 4) is 11.5 Å². The minimum absolute atomic E-state index is 0.137. The van der Waals surface area contributed by atoms with E-state index in [0.29, 0.717) is 17.1 Å². The molecule has 2 heterocycles. The van der Waals surface area contributed by atoms with Crippen LogP contribution in [0.4, 0.5) is 5.69 Å². The second-order valence-corrected chi connectivity index (χ2v) is 7.07. The Hall–Kier alpha value is -2.93. The first-order valence-electron chi connectivity index (χ1n) is 8.31. The Morgan fingerprint density at radius 2 is 1.81 bits per heavy atom. The number of fused-ring (bicyclic) bond motifs is 1. The van der Waals surface area contributed by atoms with Gasteiger partial charge in [0.25, 0.3) is 0 Å². The Bertz CT molecular complexity index is 1080. The SMILES string of the molecule is COc1ccc(C2SCC(=O)N2c2cc3ccccc3oc2=O)cc1OC. The lowest BCUT2D eigenvalue weighted by atomic mass is 10.1. The van der Waals surface area contributed by atoms with Crippen molar-refractivity contribution in [1.29, 1.82) is 0 Å². The summed E-state index contributed by atoms with van der Waals surface area (Å²) >= 11 is 1.45. The van der Waals surface area contributed by atoms with Gasteiger partial charge >= 0.3 is 5.63 Å². The minimum Gasteiger partial charge on any atom is -0.493 e. The average Bonchev–Trinajstić information content (AvgIpc) is 3.08. The van der Waals surface area contributed by atoms with Crippen LogP contribution in [0, 0.1) is 0 Å². The second-order valence-electron chi connectivity index (χ2n) is 6.00. The van der Waals surface area contributed by atoms with Gasteiger partial charge in [-0.3, -0.25) is 9.69 Å². The van der Waals surface area contributed by atoms with Gasteiger partial charge in [-0.15, -0.1) is 11.8 Å². The molecule has 1 aromatic heterocycles. The molecular formula is C20H17NO5S. The quantitative estimate of drug-likeness (QED) is 0.642. The van der Waals surface area contributed by atoms with Crippen molar-refractivity contribution in [2.24, 2.45) is 0 Å². The van der Waals surface area contributed by atoms with Crippen LogP contribution in [0.1, 0.15) is 10.9 Å². The number of para-hydroxylation sites is 1. The van der Waals surface area contributed by atoms with Crippen molar-refractivity contribution in [2.45, 2.75) is 5.37 Å². The van der Waals surface area contributed by atoms with Crippen LogP contribution >= 0.6 is 11.8 Å². The Labute approximate surface area is 159 Å². The lowest BCUT2D eigenvalue weighted by Gasteiger charge is -2.24. The first-order valence-corrected chi connectivity index (χ1v) is 9.35. The molecule has 27 heavy (non-hydrogen) atoms. The summed E-state index contributed by atoms with van der Waals surface area (Å²) in [5.41, 5.74) is 1.04. The van der Waals surface area contributed by atoms with E-state index in [1.165, 1.54) is 16.7 Å². The van der Waals surface area contributed by atoms with Crippen molar-refractivity contribution in [1.82, 2.24) is 0 Å². The van der Waals surface area contributed by atoms with Gasteiger partial charge in [0, 0.05) is 5.39 Å². The van der Waals surface area contributed by atoms with E-state index < -0.39 is 5.63 Å². The molecule has 1 fully saturated rings. The predicted molar refractivity (Wildman–Crippen MR) is 105 cm³/mol. The first kappa shape index (κ1) is 17.5. The van der Waals surface area contributed by atoms with Crippen LogP contribution in [0.15, 0.2) is 57.7 Å². The maximum Gasteiger partial charge on any atom is 0.360 e. The highest BCUT2D eigenvalue weighted by Crippen LogP contribution is 2.43. The number of ether oxygens (including phenoxy) is 2. The fraction of sp³-hybridized carbons (Fsp3) is 0.200. The van der Waals surface area contributed by atoms with Gasteiger partial charge in [0.1, 0.15) is 16.6 Å². The molecule has 138 valence electrons. The van der Waals surface area contributed by atoms with Gasteiger partial charge < -0.3 is 13.9 Å². The molecule has 4 rings (SSSR count). The molecule has 1 aliphatic heterocycles. The van der Waals surface area contributed by atoms with E-state index in [0.717, 1.165) is 10.9 Å². The number of methoxy groups -OCH3 is 2. The van der Waals surface area contributed by atoms with Crippen LogP contribution < -0.4 is 20.0 Å². The molecule has 0 aliphatic carbocycles. The number of carbonyl (C=O) groups is 1. The number of thioether (sulfide) groups is 1. The van der Waals surface area contributed by atoms with Crippen LogP contribution in [0.25, 0.3) is 11.0 Å². The lowest BCUT2D eigenvalue weighted by molar-refractivity contribution is -0.115. The summed E-state index contributed by atoms with van der Waals surface area (Å²) < 4.78 is 16.1. The largest absolute Gasteiger partial charge is 0.493 e. The molecule has 1 saturated heterocycles. The molecule has 3 aromatic rings. The van der Waals surface area contributed by atoms with E-state index in [1.54, 1.807) is 38.5 Å². The Morgan fingerprint density at radius 1 is 1.04 bits per heavy atom. The van der Waals surface area contributed by atoms with Crippen LogP contribution in [-0.2, 0) is 4.79 Å². The molecule has 1 amide bonds. The van der Waals surface area contributed by atoms with E-state index in [9.17, 15) is 9.59 Å². The fourth-order valence-corrected chi connectivity index (χ4v) is 4.32. The van der Waals surface area contributed by atoms with Crippen molar-refractivity contribution in [3.63, 3.8) is 0 Å². The number of benzene rings is 2. The summed E-state index contributed by atoms with van der Waals surface area (Å²) in [6.07, 6.45) is 0. The smallest absolute Gasteiger partial charge is 0.360 e. The van der Waals surface area contributed by atoms with Crippen LogP contribution in [-0.4, -0.2) is 25.9 Å². The van der Waals surface area contributed by atoms with Crippen LogP contribution in [0.3, 0.4) is 0 Å². The third-order valence-electron chi connectivity index (χ3n) is 4.44. The number of carbonyl (C=O) groups excluding carboxylic acids is 1. The molecule has 0 N–H and O–H groups in total. The van der Waals surface area contributed by atoms with E-state index in [1.807, 2.05) is 24.3 Å². The van der Waals surface area contributed by atoms with Gasteiger partial charge in [-0.1, -0.05) is 24.3 Å². The highest BCUT2D eigenvalue weighted by molar-refractivity contribution is 8.00. The van der Waals surface area contributed by atoms with Crippen molar-refractivity contribution >= 4 is 34.3 Å². The molecular weight excluding hydrogens is 366 g/mol. The van der Waals surface area contributed by atoms with Crippen molar-refractivity contribution in [2.75, 3.05) is 24.9 Å². The molecule has 1 atom stereocenters. The van der Waals surface area contributed by atoms with Crippen molar-refractivity contribution < 1.29 is 18.7 Å². The highest BCUT2D eigenvalue weighted by Gasteiger charge is 2.36. The monoisotopic (exact) mass is 383 g/mol. The molecule has 0 spiro atoms. The van der Waals surface area contributed by atoms with Gasteiger partial charge in [0.05, 0.1) is 20.0 Å². The summed E-state index contributed by atoms with van der Waals surface area (Å²) in [4.78, 5) is 26.6. The standard InChI is InChI=1S/C20H17NO5S/c1-24-16-8-7-13(10-17(16)25-2)19-21(18(22)11-27-19)14-9-12-5-3-4-6-15(12)26-20(14)23/h3-10,19H,11H2,1-2H3. The van der Waals surface area contributed by atoms with Crippen LogP contribution in [0.5, 0.6) is 11.5 Å². The number of nitrogens with zero attached hydrogens (tertiary/aromatic N) is 1. The normalized spacial score (nSPS) is 16.7. The molecule has 1 aliphatic rings. The summed E-state index contributed by atoms with van der Waals surface area (Å²) in [5.74, 6) is 1.32. The third-order valence-corrected chi connectivity index (χ3v) is 5.66. The Balaban J connectivity index is 1.81. The van der Waals surface area contributed by atoms with Crippen LogP contribution in [0.2, 0.25) is 0 Å². The van der Waals surface area contributed by atoms with E-state index >= 15 is 0 Å². The maximum atomic E-state index is 12.6. The van der Waals surface area contributed by atoms with Gasteiger partial charge in [-0.05, 0) is 29.8 Å². The Kier molecular flexibility index (Phi) is 4.53. The molecule has 1 unspecified atom stereocenters. The zero-order valence-corrected chi connectivity index (χ0v) is 15.6. The number of hydrogen-bond acceptors (Lipinski definition) is 6. The summed E-state index contributed by atoms with van der Waals surface area (Å²) in [6.45, 7) is 0. The zero-order valence-electron chi connectivity index (χ0n) is 14.8. The Morgan fingerprint density at radius 3 is 2.59 bits per heavy atom. The zero-order chi connectivity index (χ0) is 19.0. The average molecular weight is 383 g/mol. The van der Waals surface area contributed by atoms with E-state index in [-0.39, 0.29) is 22.7 Å². The van der Waals surface area contributed by atoms with Gasteiger partial charge in [0.2, 0.25) is 5.91 Å². The lowest BCUT2D eigenvalue weighted by Crippen LogP contribution is -2.31. The second kappa shape index (κ2) is 7.00. The number of rotatable bonds is 4. The third kappa shape index (κ3) is 3.04. The topological polar surface area (TPSA) is 69.0 Å². The maximum absolute atomic E-state index is 12.6. The highest BCUT2D eigenvalue weighted by atomic mass is 32.2. The number of hydrogen-bond donors (Lipinski definition) is 0. The molecule has 0 radical (unpaired) electrons. The molecule has 0 saturated carbocycles. The van der Waals surface area contributed by atoms with Gasteiger partial charge in [-0.2, -0.15) is 0 Å². The molecule has 6 nitrogen and oxygen atoms in total. The molecule has 0 bridgehead atoms. The predicted octanol–water partition coefficient (Wildman–Crippen LogP) is 3.59. The summed E-state index contributed by atoms with van der Waals surface area (Å²) in [7, 11) is 3.13. The van der Waals surface area contributed by atoms with E-state index in [2.05, 4.69) is 0 Å². The summed E-state index contributed by atoms with van der Waals surface area (Å²) in [6, 6.07) is 14.4. The number of anilines is 1. The molecule has 2 aromatic carbocycles. The van der Waals surface area contributed by atoms with Gasteiger partial charge in [-0.25, -0.2) is 4.79 Å².